The van der Waals surface area contributed by atoms with Crippen LogP contribution in [-0.2, 0) is 9.53 Å². The van der Waals surface area contributed by atoms with E-state index in [1.807, 2.05) is 42.2 Å². The highest BCUT2D eigenvalue weighted by Crippen LogP contribution is 2.34. The Labute approximate surface area is 118 Å². The number of benzene rings is 1. The number of nitrogens with zero attached hydrogens (tertiary/aromatic N) is 1. The van der Waals surface area contributed by atoms with Crippen molar-refractivity contribution in [3.63, 3.8) is 0 Å². The molecule has 5 nitrogen and oxygen atoms in total. The highest BCUT2D eigenvalue weighted by Gasteiger charge is 2.47. The molecule has 2 rings (SSSR count). The Balaban J connectivity index is 1.92. The van der Waals surface area contributed by atoms with Crippen LogP contribution in [-0.4, -0.2) is 52.5 Å². The molecule has 1 aromatic carbocycles. The lowest BCUT2D eigenvalue weighted by Gasteiger charge is -2.19. The number of hydrogen-bond donors (Lipinski definition) is 2. The van der Waals surface area contributed by atoms with Crippen molar-refractivity contribution in [2.24, 2.45) is 0 Å². The van der Waals surface area contributed by atoms with Gasteiger partial charge in [0.2, 0.25) is 0 Å². The van der Waals surface area contributed by atoms with Gasteiger partial charge in [0.1, 0.15) is 6.10 Å². The highest BCUT2D eigenvalue weighted by molar-refractivity contribution is 5.75. The monoisotopic (exact) mass is 279 g/mol. The fourth-order valence-electron chi connectivity index (χ4n) is 2.42. The summed E-state index contributed by atoms with van der Waals surface area (Å²) in [5.41, 5.74) is 1.15. The quantitative estimate of drug-likeness (QED) is 0.593. The van der Waals surface area contributed by atoms with Crippen LogP contribution in [0.5, 0.6) is 0 Å². The molecule has 110 valence electrons. The van der Waals surface area contributed by atoms with Crippen molar-refractivity contribution in [1.82, 2.24) is 4.90 Å². The molecule has 0 aliphatic carbocycles. The van der Waals surface area contributed by atoms with Crippen molar-refractivity contribution in [2.75, 3.05) is 13.2 Å². The van der Waals surface area contributed by atoms with Gasteiger partial charge in [-0.05, 0) is 19.4 Å². The predicted octanol–water partition coefficient (Wildman–Crippen LogP) is 0.717. The van der Waals surface area contributed by atoms with E-state index in [1.165, 1.54) is 0 Å². The summed E-state index contributed by atoms with van der Waals surface area (Å²) in [5, 5.41) is 19.8. The minimum atomic E-state index is -1.48. The second kappa shape index (κ2) is 6.35. The molecule has 5 atom stereocenters. The molecule has 0 bridgehead atoms. The van der Waals surface area contributed by atoms with Gasteiger partial charge in [0.05, 0.1) is 12.6 Å². The Morgan fingerprint density at radius 1 is 1.40 bits per heavy atom. The number of ether oxygens (including phenoxy) is 1. The number of aliphatic hydroxyl groups excluding tert-OH is 2. The molecule has 0 saturated carbocycles. The smallest absolute Gasteiger partial charge is 0.337 e. The number of aliphatic hydroxyl groups is 2. The van der Waals surface area contributed by atoms with Crippen LogP contribution >= 0.6 is 0 Å². The maximum Gasteiger partial charge on any atom is 0.337 e. The summed E-state index contributed by atoms with van der Waals surface area (Å²) in [6.45, 7) is 4.56. The number of carbonyl (C=O) groups is 1. The number of rotatable bonds is 6. The summed E-state index contributed by atoms with van der Waals surface area (Å²) in [5.74, 6) is -0.765. The standard InChI is InChI=1S/C15H21NO4/c1-3-20-15(19)14(18)13(17)12-9-16(12)10(2)11-7-5-4-6-8-11/h4-8,10,12-14,17-18H,3,9H2,1-2H3/t10-,12-,13-,14+,16?/m1/s1. The Kier molecular flexibility index (Phi) is 4.75. The van der Waals surface area contributed by atoms with Gasteiger partial charge in [0.25, 0.3) is 0 Å². The molecule has 1 fully saturated rings. The zero-order valence-electron chi connectivity index (χ0n) is 11.8. The Hall–Kier alpha value is -1.43. The van der Waals surface area contributed by atoms with Gasteiger partial charge in [-0.25, -0.2) is 4.79 Å². The van der Waals surface area contributed by atoms with Crippen molar-refractivity contribution < 1.29 is 19.7 Å². The van der Waals surface area contributed by atoms with Gasteiger partial charge in [-0.2, -0.15) is 0 Å². The third-order valence-electron chi connectivity index (χ3n) is 3.72. The zero-order chi connectivity index (χ0) is 14.7. The van der Waals surface area contributed by atoms with Gasteiger partial charge in [0, 0.05) is 12.6 Å². The van der Waals surface area contributed by atoms with Crippen LogP contribution < -0.4 is 0 Å². The molecule has 1 aromatic rings. The van der Waals surface area contributed by atoms with E-state index in [-0.39, 0.29) is 18.7 Å². The van der Waals surface area contributed by atoms with E-state index in [0.717, 1.165) is 5.56 Å². The minimum Gasteiger partial charge on any atom is -0.464 e. The van der Waals surface area contributed by atoms with Gasteiger partial charge in [-0.1, -0.05) is 30.3 Å². The Bertz CT molecular complexity index is 450. The fourth-order valence-corrected chi connectivity index (χ4v) is 2.42. The molecule has 1 aliphatic rings. The average Bonchev–Trinajstić information content (AvgIpc) is 3.26. The third kappa shape index (κ3) is 3.17. The fraction of sp³-hybridized carbons (Fsp3) is 0.533. The second-order valence-corrected chi connectivity index (χ2v) is 5.04. The first-order valence-corrected chi connectivity index (χ1v) is 6.89. The van der Waals surface area contributed by atoms with Crippen molar-refractivity contribution in [1.29, 1.82) is 0 Å². The highest BCUT2D eigenvalue weighted by atomic mass is 16.5. The van der Waals surface area contributed by atoms with E-state index in [1.54, 1.807) is 6.92 Å². The van der Waals surface area contributed by atoms with Gasteiger partial charge in [-0.3, -0.25) is 4.90 Å². The Morgan fingerprint density at radius 3 is 2.65 bits per heavy atom. The topological polar surface area (TPSA) is 69.8 Å². The van der Waals surface area contributed by atoms with E-state index < -0.39 is 18.2 Å². The number of carbonyl (C=O) groups excluding carboxylic acids is 1. The molecule has 0 aromatic heterocycles. The van der Waals surface area contributed by atoms with E-state index in [4.69, 9.17) is 4.74 Å². The van der Waals surface area contributed by atoms with Crippen LogP contribution in [0.3, 0.4) is 0 Å². The molecule has 2 N–H and O–H groups in total. The maximum absolute atomic E-state index is 11.4. The molecule has 1 saturated heterocycles. The largest absolute Gasteiger partial charge is 0.464 e. The lowest BCUT2D eigenvalue weighted by Crippen LogP contribution is -2.40. The van der Waals surface area contributed by atoms with Gasteiger partial charge >= 0.3 is 5.97 Å². The molecular formula is C15H21NO4. The lowest BCUT2D eigenvalue weighted by atomic mass is 10.1. The van der Waals surface area contributed by atoms with Gasteiger partial charge in [0.15, 0.2) is 6.10 Å². The molecule has 1 heterocycles. The Morgan fingerprint density at radius 2 is 2.05 bits per heavy atom. The zero-order valence-corrected chi connectivity index (χ0v) is 11.8. The maximum atomic E-state index is 11.4. The lowest BCUT2D eigenvalue weighted by molar-refractivity contribution is -0.159. The van der Waals surface area contributed by atoms with E-state index in [2.05, 4.69) is 0 Å². The molecule has 5 heteroatoms. The molecule has 0 radical (unpaired) electrons. The van der Waals surface area contributed by atoms with Crippen LogP contribution in [0.4, 0.5) is 0 Å². The summed E-state index contributed by atoms with van der Waals surface area (Å²) >= 11 is 0. The first kappa shape index (κ1) is 15.0. The summed E-state index contributed by atoms with van der Waals surface area (Å²) in [7, 11) is 0. The minimum absolute atomic E-state index is 0.144. The van der Waals surface area contributed by atoms with Crippen LogP contribution in [0.15, 0.2) is 30.3 Å². The summed E-state index contributed by atoms with van der Waals surface area (Å²) in [6.07, 6.45) is -2.59. The molecular weight excluding hydrogens is 258 g/mol. The molecule has 1 unspecified atom stereocenters. The van der Waals surface area contributed by atoms with Crippen LogP contribution in [0, 0.1) is 0 Å². The summed E-state index contributed by atoms with van der Waals surface area (Å²) in [6, 6.07) is 9.87. The van der Waals surface area contributed by atoms with Crippen molar-refractivity contribution in [3.8, 4) is 0 Å². The molecule has 20 heavy (non-hydrogen) atoms. The molecule has 0 amide bonds. The molecule has 0 spiro atoms. The first-order valence-electron chi connectivity index (χ1n) is 6.89. The third-order valence-corrected chi connectivity index (χ3v) is 3.72. The van der Waals surface area contributed by atoms with Crippen LogP contribution in [0.1, 0.15) is 25.5 Å². The van der Waals surface area contributed by atoms with Crippen molar-refractivity contribution >= 4 is 5.97 Å². The van der Waals surface area contributed by atoms with Gasteiger partial charge in [-0.15, -0.1) is 0 Å². The molecule has 1 aliphatic heterocycles. The van der Waals surface area contributed by atoms with Crippen molar-refractivity contribution in [3.05, 3.63) is 35.9 Å². The SMILES string of the molecule is CCOC(=O)[C@@H](O)[C@H](O)[C@H]1CN1[C@H](C)c1ccccc1. The number of esters is 1. The normalized spacial score (nSPS) is 25.6. The van der Waals surface area contributed by atoms with E-state index in [9.17, 15) is 15.0 Å². The predicted molar refractivity (Wildman–Crippen MR) is 74.0 cm³/mol. The van der Waals surface area contributed by atoms with E-state index in [0.29, 0.717) is 6.54 Å². The average molecular weight is 279 g/mol. The van der Waals surface area contributed by atoms with Crippen LogP contribution in [0.25, 0.3) is 0 Å². The summed E-state index contributed by atoms with van der Waals surface area (Å²) < 4.78 is 4.72. The van der Waals surface area contributed by atoms with Gasteiger partial charge < -0.3 is 14.9 Å². The first-order chi connectivity index (χ1) is 9.56. The van der Waals surface area contributed by atoms with Crippen LogP contribution in [0.2, 0.25) is 0 Å². The van der Waals surface area contributed by atoms with Crippen molar-refractivity contribution in [2.45, 2.75) is 38.1 Å². The second-order valence-electron chi connectivity index (χ2n) is 5.04. The summed E-state index contributed by atoms with van der Waals surface area (Å²) in [4.78, 5) is 13.5. The number of hydrogen-bond acceptors (Lipinski definition) is 5. The van der Waals surface area contributed by atoms with E-state index >= 15 is 0 Å².